The van der Waals surface area contributed by atoms with Crippen LogP contribution in [0.25, 0.3) is 0 Å². The Morgan fingerprint density at radius 3 is 2.38 bits per heavy atom. The highest BCUT2D eigenvalue weighted by Gasteiger charge is 2.11. The molecule has 1 N–H and O–H groups in total. The van der Waals surface area contributed by atoms with Gasteiger partial charge in [0.15, 0.2) is 0 Å². The van der Waals surface area contributed by atoms with Gasteiger partial charge in [0, 0.05) is 12.8 Å². The fourth-order valence-electron chi connectivity index (χ4n) is 2.00. The minimum absolute atomic E-state index is 0.0619. The van der Waals surface area contributed by atoms with Crippen molar-refractivity contribution in [1.82, 2.24) is 0 Å². The summed E-state index contributed by atoms with van der Waals surface area (Å²) in [6.45, 7) is 2.31. The molecule has 1 unspecified atom stereocenters. The van der Waals surface area contributed by atoms with Gasteiger partial charge in [-0.3, -0.25) is 4.79 Å². The first-order valence-electron chi connectivity index (χ1n) is 7.15. The Balaban J connectivity index is 1.91. The fraction of sp³-hybridized carbons (Fsp3) is 0.278. The maximum absolute atomic E-state index is 11.3. The van der Waals surface area contributed by atoms with Crippen molar-refractivity contribution >= 4 is 5.78 Å². The van der Waals surface area contributed by atoms with Crippen molar-refractivity contribution in [2.75, 3.05) is 0 Å². The van der Waals surface area contributed by atoms with E-state index in [1.165, 1.54) is 0 Å². The molecule has 3 heteroatoms. The smallest absolute Gasteiger partial charge is 0.135 e. The molecular formula is C18H20O3. The molecule has 2 rings (SSSR count). The SMILES string of the molecule is CCC(=O)CC(O)c1ccc(OCc2ccccc2)cc1. The van der Waals surface area contributed by atoms with Gasteiger partial charge in [0.25, 0.3) is 0 Å². The van der Waals surface area contributed by atoms with Crippen LogP contribution in [0, 0.1) is 0 Å². The maximum Gasteiger partial charge on any atom is 0.135 e. The summed E-state index contributed by atoms with van der Waals surface area (Å²) in [5.41, 5.74) is 1.85. The lowest BCUT2D eigenvalue weighted by Crippen LogP contribution is -2.05. The van der Waals surface area contributed by atoms with Crippen LogP contribution in [0.3, 0.4) is 0 Å². The molecule has 0 fully saturated rings. The van der Waals surface area contributed by atoms with E-state index < -0.39 is 6.10 Å². The molecule has 0 spiro atoms. The van der Waals surface area contributed by atoms with Crippen molar-refractivity contribution in [3.63, 3.8) is 0 Å². The standard InChI is InChI=1S/C18H20O3/c1-2-16(19)12-18(20)15-8-10-17(11-9-15)21-13-14-6-4-3-5-7-14/h3-11,18,20H,2,12-13H2,1H3. The van der Waals surface area contributed by atoms with Crippen molar-refractivity contribution in [2.24, 2.45) is 0 Å². The Labute approximate surface area is 125 Å². The van der Waals surface area contributed by atoms with Crippen molar-refractivity contribution in [1.29, 1.82) is 0 Å². The topological polar surface area (TPSA) is 46.5 Å². The number of hydrogen-bond donors (Lipinski definition) is 1. The molecule has 0 aliphatic rings. The number of carbonyl (C=O) groups is 1. The second kappa shape index (κ2) is 7.60. The van der Waals surface area contributed by atoms with Gasteiger partial charge in [0.1, 0.15) is 18.1 Å². The number of aliphatic hydroxyl groups is 1. The van der Waals surface area contributed by atoms with E-state index in [4.69, 9.17) is 4.74 Å². The molecule has 0 amide bonds. The van der Waals surface area contributed by atoms with Crippen LogP contribution in [-0.4, -0.2) is 10.9 Å². The van der Waals surface area contributed by atoms with Gasteiger partial charge in [-0.25, -0.2) is 0 Å². The number of hydrogen-bond acceptors (Lipinski definition) is 3. The zero-order valence-electron chi connectivity index (χ0n) is 12.2. The summed E-state index contributed by atoms with van der Waals surface area (Å²) in [6.07, 6.45) is -0.114. The Bertz CT molecular complexity index is 561. The molecule has 110 valence electrons. The molecule has 0 bridgehead atoms. The van der Waals surface area contributed by atoms with Gasteiger partial charge in [-0.2, -0.15) is 0 Å². The monoisotopic (exact) mass is 284 g/mol. The highest BCUT2D eigenvalue weighted by molar-refractivity contribution is 5.78. The molecule has 0 aliphatic carbocycles. The molecule has 2 aromatic carbocycles. The van der Waals surface area contributed by atoms with Gasteiger partial charge in [-0.05, 0) is 23.3 Å². The lowest BCUT2D eigenvalue weighted by atomic mass is 10.0. The fourth-order valence-corrected chi connectivity index (χ4v) is 2.00. The third-order valence-corrected chi connectivity index (χ3v) is 3.33. The third-order valence-electron chi connectivity index (χ3n) is 3.33. The van der Waals surface area contributed by atoms with E-state index >= 15 is 0 Å². The maximum atomic E-state index is 11.3. The predicted octanol–water partition coefficient (Wildman–Crippen LogP) is 3.67. The zero-order valence-corrected chi connectivity index (χ0v) is 12.2. The summed E-state index contributed by atoms with van der Waals surface area (Å²) in [7, 11) is 0. The van der Waals surface area contributed by atoms with Crippen LogP contribution < -0.4 is 4.74 Å². The summed E-state index contributed by atoms with van der Waals surface area (Å²) in [5, 5.41) is 9.96. The number of carbonyl (C=O) groups excluding carboxylic acids is 1. The van der Waals surface area contributed by atoms with Gasteiger partial charge in [0.05, 0.1) is 6.10 Å². The predicted molar refractivity (Wildman–Crippen MR) is 82.1 cm³/mol. The summed E-state index contributed by atoms with van der Waals surface area (Å²) in [5.74, 6) is 0.809. The van der Waals surface area contributed by atoms with Crippen molar-refractivity contribution in [3.8, 4) is 5.75 Å². The summed E-state index contributed by atoms with van der Waals surface area (Å²) < 4.78 is 5.68. The van der Waals surface area contributed by atoms with Crippen LogP contribution in [0.5, 0.6) is 5.75 Å². The highest BCUT2D eigenvalue weighted by Crippen LogP contribution is 2.21. The van der Waals surface area contributed by atoms with E-state index in [1.54, 1.807) is 19.1 Å². The summed E-state index contributed by atoms with van der Waals surface area (Å²) >= 11 is 0. The molecule has 3 nitrogen and oxygen atoms in total. The Kier molecular flexibility index (Phi) is 5.52. The van der Waals surface area contributed by atoms with E-state index in [-0.39, 0.29) is 12.2 Å². The van der Waals surface area contributed by atoms with Gasteiger partial charge in [-0.15, -0.1) is 0 Å². The van der Waals surface area contributed by atoms with Gasteiger partial charge in [-0.1, -0.05) is 49.4 Å². The number of ketones is 1. The Morgan fingerprint density at radius 1 is 1.10 bits per heavy atom. The molecule has 0 heterocycles. The van der Waals surface area contributed by atoms with E-state index in [1.807, 2.05) is 42.5 Å². The summed E-state index contributed by atoms with van der Waals surface area (Å²) in [4.78, 5) is 11.3. The number of ether oxygens (including phenoxy) is 1. The number of benzene rings is 2. The molecular weight excluding hydrogens is 264 g/mol. The lowest BCUT2D eigenvalue weighted by Gasteiger charge is -2.11. The normalized spacial score (nSPS) is 11.9. The van der Waals surface area contributed by atoms with Crippen molar-refractivity contribution in [2.45, 2.75) is 32.5 Å². The number of Topliss-reactive ketones (excluding diaryl/α,β-unsaturated/α-hetero) is 1. The van der Waals surface area contributed by atoms with Crippen LogP contribution in [-0.2, 0) is 11.4 Å². The largest absolute Gasteiger partial charge is 0.489 e. The Hall–Kier alpha value is -2.13. The average Bonchev–Trinajstić information content (AvgIpc) is 2.54. The first-order valence-corrected chi connectivity index (χ1v) is 7.15. The van der Waals surface area contributed by atoms with Crippen LogP contribution in [0.4, 0.5) is 0 Å². The van der Waals surface area contributed by atoms with Crippen LogP contribution in [0.15, 0.2) is 54.6 Å². The molecule has 2 aromatic rings. The quantitative estimate of drug-likeness (QED) is 0.844. The van der Waals surface area contributed by atoms with E-state index in [0.717, 1.165) is 16.9 Å². The molecule has 0 saturated heterocycles. The number of rotatable bonds is 7. The molecule has 0 saturated carbocycles. The van der Waals surface area contributed by atoms with Gasteiger partial charge in [0.2, 0.25) is 0 Å². The Morgan fingerprint density at radius 2 is 1.76 bits per heavy atom. The highest BCUT2D eigenvalue weighted by atomic mass is 16.5. The second-order valence-corrected chi connectivity index (χ2v) is 4.96. The van der Waals surface area contributed by atoms with E-state index in [9.17, 15) is 9.90 Å². The van der Waals surface area contributed by atoms with E-state index in [0.29, 0.717) is 13.0 Å². The minimum atomic E-state index is -0.736. The molecule has 1 atom stereocenters. The molecule has 0 aromatic heterocycles. The first-order chi connectivity index (χ1) is 10.2. The van der Waals surface area contributed by atoms with Gasteiger partial charge < -0.3 is 9.84 Å². The lowest BCUT2D eigenvalue weighted by molar-refractivity contribution is -0.120. The third kappa shape index (κ3) is 4.72. The molecule has 21 heavy (non-hydrogen) atoms. The minimum Gasteiger partial charge on any atom is -0.489 e. The second-order valence-electron chi connectivity index (χ2n) is 4.96. The zero-order chi connectivity index (χ0) is 15.1. The van der Waals surface area contributed by atoms with E-state index in [2.05, 4.69) is 0 Å². The van der Waals surface area contributed by atoms with Crippen molar-refractivity contribution < 1.29 is 14.6 Å². The van der Waals surface area contributed by atoms with Gasteiger partial charge >= 0.3 is 0 Å². The molecule has 0 aliphatic heterocycles. The number of aliphatic hydroxyl groups excluding tert-OH is 1. The average molecular weight is 284 g/mol. The van der Waals surface area contributed by atoms with Crippen molar-refractivity contribution in [3.05, 3.63) is 65.7 Å². The van der Waals surface area contributed by atoms with Crippen LogP contribution >= 0.6 is 0 Å². The summed E-state index contributed by atoms with van der Waals surface area (Å²) in [6, 6.07) is 17.2. The first kappa shape index (κ1) is 15.3. The van der Waals surface area contributed by atoms with Crippen LogP contribution in [0.1, 0.15) is 37.0 Å². The molecule has 0 radical (unpaired) electrons. The van der Waals surface area contributed by atoms with Crippen LogP contribution in [0.2, 0.25) is 0 Å².